The van der Waals surface area contributed by atoms with Crippen molar-refractivity contribution in [2.24, 2.45) is 5.92 Å². The normalized spacial score (nSPS) is 31.8. The molecule has 0 spiro atoms. The van der Waals surface area contributed by atoms with Gasteiger partial charge in [-0.2, -0.15) is 0 Å². The number of carbonyl (C=O) groups excluding carboxylic acids is 1. The molecule has 0 aromatic carbocycles. The number of fused-ring (bicyclic) bond motifs is 2. The first-order valence-electron chi connectivity index (χ1n) is 6.90. The van der Waals surface area contributed by atoms with Gasteiger partial charge in [-0.15, -0.1) is 0 Å². The molecule has 3 unspecified atom stereocenters. The maximum Gasteiger partial charge on any atom is 0.221 e. The Morgan fingerprint density at radius 3 is 2.88 bits per heavy atom. The van der Waals surface area contributed by atoms with Crippen LogP contribution in [0.25, 0.3) is 0 Å². The summed E-state index contributed by atoms with van der Waals surface area (Å²) in [6, 6.07) is 0.890. The fourth-order valence-electron chi connectivity index (χ4n) is 2.99. The van der Waals surface area contributed by atoms with Gasteiger partial charge in [0.25, 0.3) is 0 Å². The Morgan fingerprint density at radius 1 is 1.35 bits per heavy atom. The van der Waals surface area contributed by atoms with E-state index in [0.29, 0.717) is 12.5 Å². The van der Waals surface area contributed by atoms with E-state index >= 15 is 0 Å². The molecule has 2 saturated heterocycles. The van der Waals surface area contributed by atoms with Crippen LogP contribution in [-0.4, -0.2) is 49.1 Å². The predicted molar refractivity (Wildman–Crippen MR) is 68.9 cm³/mol. The average Bonchev–Trinajstić information content (AvgIpc) is 2.64. The highest BCUT2D eigenvalue weighted by Gasteiger charge is 2.33. The second-order valence-electron chi connectivity index (χ2n) is 5.67. The van der Waals surface area contributed by atoms with Gasteiger partial charge in [-0.05, 0) is 45.7 Å². The van der Waals surface area contributed by atoms with Crippen LogP contribution < -0.4 is 10.6 Å². The Hall–Kier alpha value is -0.610. The maximum absolute atomic E-state index is 11.5. The molecule has 0 radical (unpaired) electrons. The molecule has 4 heteroatoms. The second-order valence-corrected chi connectivity index (χ2v) is 5.67. The molecule has 3 atom stereocenters. The molecule has 2 heterocycles. The van der Waals surface area contributed by atoms with Crippen LogP contribution in [0.2, 0.25) is 0 Å². The number of nitrogens with zero attached hydrogens (tertiary/aromatic N) is 1. The third-order valence-electron chi connectivity index (χ3n) is 3.84. The zero-order valence-corrected chi connectivity index (χ0v) is 11.0. The van der Waals surface area contributed by atoms with E-state index in [1.807, 2.05) is 13.8 Å². The van der Waals surface area contributed by atoms with Crippen LogP contribution in [0.15, 0.2) is 0 Å². The largest absolute Gasteiger partial charge is 0.354 e. The number of hydrogen-bond acceptors (Lipinski definition) is 3. The van der Waals surface area contributed by atoms with Gasteiger partial charge in [0.05, 0.1) is 0 Å². The highest BCUT2D eigenvalue weighted by Crippen LogP contribution is 2.26. The van der Waals surface area contributed by atoms with Gasteiger partial charge in [-0.25, -0.2) is 0 Å². The van der Waals surface area contributed by atoms with Crippen LogP contribution in [0.5, 0.6) is 0 Å². The molecule has 0 aromatic heterocycles. The minimum absolute atomic E-state index is 0.163. The van der Waals surface area contributed by atoms with Crippen molar-refractivity contribution in [3.8, 4) is 0 Å². The molecule has 2 aliphatic rings. The minimum Gasteiger partial charge on any atom is -0.354 e. The minimum atomic E-state index is 0.163. The molecule has 2 aliphatic heterocycles. The van der Waals surface area contributed by atoms with Crippen molar-refractivity contribution >= 4 is 5.91 Å². The van der Waals surface area contributed by atoms with Crippen molar-refractivity contribution in [3.05, 3.63) is 0 Å². The van der Waals surface area contributed by atoms with Crippen LogP contribution in [-0.2, 0) is 4.79 Å². The van der Waals surface area contributed by atoms with Gasteiger partial charge in [-0.3, -0.25) is 4.79 Å². The van der Waals surface area contributed by atoms with E-state index in [4.69, 9.17) is 0 Å². The van der Waals surface area contributed by atoms with Gasteiger partial charge in [-0.1, -0.05) is 0 Å². The van der Waals surface area contributed by atoms with Gasteiger partial charge in [0, 0.05) is 31.6 Å². The summed E-state index contributed by atoms with van der Waals surface area (Å²) in [6.45, 7) is 8.58. The number of hydrogen-bond donors (Lipinski definition) is 2. The topological polar surface area (TPSA) is 44.4 Å². The fraction of sp³-hybridized carbons (Fsp3) is 0.923. The van der Waals surface area contributed by atoms with E-state index in [1.54, 1.807) is 0 Å². The summed E-state index contributed by atoms with van der Waals surface area (Å²) >= 11 is 0. The average molecular weight is 239 g/mol. The van der Waals surface area contributed by atoms with Crippen LogP contribution in [0.1, 0.15) is 33.1 Å². The van der Waals surface area contributed by atoms with E-state index in [-0.39, 0.29) is 11.9 Å². The SMILES string of the molecule is CC(C)NC(=O)CCNC1CCN2CCC1C2. The molecule has 98 valence electrons. The van der Waals surface area contributed by atoms with Crippen molar-refractivity contribution in [2.75, 3.05) is 26.2 Å². The summed E-state index contributed by atoms with van der Waals surface area (Å²) in [6.07, 6.45) is 3.18. The third-order valence-corrected chi connectivity index (χ3v) is 3.84. The lowest BCUT2D eigenvalue weighted by molar-refractivity contribution is -0.121. The molecular weight excluding hydrogens is 214 g/mol. The van der Waals surface area contributed by atoms with Gasteiger partial charge < -0.3 is 15.5 Å². The Bertz CT molecular complexity index is 267. The molecule has 0 aliphatic carbocycles. The number of nitrogens with one attached hydrogen (secondary N) is 2. The van der Waals surface area contributed by atoms with Crippen molar-refractivity contribution in [3.63, 3.8) is 0 Å². The van der Waals surface area contributed by atoms with E-state index in [9.17, 15) is 4.79 Å². The Labute approximate surface area is 104 Å². The number of piperidine rings is 1. The molecule has 2 rings (SSSR count). The van der Waals surface area contributed by atoms with Crippen LogP contribution >= 0.6 is 0 Å². The van der Waals surface area contributed by atoms with Gasteiger partial charge in [0.2, 0.25) is 5.91 Å². The van der Waals surface area contributed by atoms with E-state index in [1.165, 1.54) is 32.5 Å². The molecule has 1 amide bonds. The summed E-state index contributed by atoms with van der Waals surface area (Å²) in [5.74, 6) is 0.980. The first kappa shape index (κ1) is 12.8. The van der Waals surface area contributed by atoms with E-state index in [0.717, 1.165) is 12.5 Å². The smallest absolute Gasteiger partial charge is 0.221 e. The Morgan fingerprint density at radius 2 is 2.12 bits per heavy atom. The Balaban J connectivity index is 1.63. The standard InChI is InChI=1S/C13H25N3O/c1-10(2)15-13(17)3-6-14-12-5-8-16-7-4-11(12)9-16/h10-12,14H,3-9H2,1-2H3,(H,15,17). The van der Waals surface area contributed by atoms with Crippen molar-refractivity contribution in [1.29, 1.82) is 0 Å². The lowest BCUT2D eigenvalue weighted by Gasteiger charge is -2.31. The number of carbonyl (C=O) groups is 1. The zero-order valence-electron chi connectivity index (χ0n) is 11.0. The van der Waals surface area contributed by atoms with E-state index < -0.39 is 0 Å². The Kier molecular flexibility index (Phi) is 4.40. The zero-order chi connectivity index (χ0) is 12.3. The fourth-order valence-corrected chi connectivity index (χ4v) is 2.99. The monoisotopic (exact) mass is 239 g/mol. The van der Waals surface area contributed by atoms with Gasteiger partial charge in [0.15, 0.2) is 0 Å². The molecule has 2 N–H and O–H groups in total. The lowest BCUT2D eigenvalue weighted by atomic mass is 9.94. The van der Waals surface area contributed by atoms with Crippen molar-refractivity contribution < 1.29 is 4.79 Å². The summed E-state index contributed by atoms with van der Waals surface area (Å²) in [7, 11) is 0. The predicted octanol–water partition coefficient (Wildman–Crippen LogP) is 0.585. The summed E-state index contributed by atoms with van der Waals surface area (Å²) < 4.78 is 0. The third kappa shape index (κ3) is 3.68. The van der Waals surface area contributed by atoms with Crippen molar-refractivity contribution in [1.82, 2.24) is 15.5 Å². The summed E-state index contributed by atoms with van der Waals surface area (Å²) in [5, 5.41) is 6.49. The molecule has 0 aromatic rings. The second kappa shape index (κ2) is 5.83. The first-order chi connectivity index (χ1) is 8.15. The summed E-state index contributed by atoms with van der Waals surface area (Å²) in [5.41, 5.74) is 0. The first-order valence-corrected chi connectivity index (χ1v) is 6.90. The van der Waals surface area contributed by atoms with Gasteiger partial charge >= 0.3 is 0 Å². The number of rotatable bonds is 5. The van der Waals surface area contributed by atoms with Crippen LogP contribution in [0, 0.1) is 5.92 Å². The van der Waals surface area contributed by atoms with Crippen LogP contribution in [0.4, 0.5) is 0 Å². The highest BCUT2D eigenvalue weighted by atomic mass is 16.1. The van der Waals surface area contributed by atoms with E-state index in [2.05, 4.69) is 15.5 Å². The lowest BCUT2D eigenvalue weighted by Crippen LogP contribution is -2.45. The molecule has 0 saturated carbocycles. The molecule has 2 bridgehead atoms. The molecular formula is C13H25N3O. The summed E-state index contributed by atoms with van der Waals surface area (Å²) in [4.78, 5) is 14.0. The van der Waals surface area contributed by atoms with Crippen molar-refractivity contribution in [2.45, 2.75) is 45.2 Å². The molecule has 17 heavy (non-hydrogen) atoms. The quantitative estimate of drug-likeness (QED) is 0.738. The molecule has 4 nitrogen and oxygen atoms in total. The highest BCUT2D eigenvalue weighted by molar-refractivity contribution is 5.76. The maximum atomic E-state index is 11.5. The molecule has 2 fully saturated rings. The van der Waals surface area contributed by atoms with Crippen LogP contribution in [0.3, 0.4) is 0 Å². The number of amides is 1. The van der Waals surface area contributed by atoms with Gasteiger partial charge in [0.1, 0.15) is 0 Å².